The van der Waals surface area contributed by atoms with Crippen molar-refractivity contribution in [2.24, 2.45) is 0 Å². The summed E-state index contributed by atoms with van der Waals surface area (Å²) in [7, 11) is 3.01. The van der Waals surface area contributed by atoms with Gasteiger partial charge in [0.2, 0.25) is 0 Å². The van der Waals surface area contributed by atoms with E-state index in [1.807, 2.05) is 0 Å². The van der Waals surface area contributed by atoms with E-state index in [1.165, 1.54) is 14.2 Å². The Morgan fingerprint density at radius 2 is 1.55 bits per heavy atom. The number of alkyl halides is 3. The minimum atomic E-state index is -4.58. The Morgan fingerprint density at radius 1 is 0.955 bits per heavy atom. The molecule has 0 radical (unpaired) electrons. The van der Waals surface area contributed by atoms with Crippen LogP contribution in [0.25, 0.3) is 5.78 Å². The smallest absolute Gasteiger partial charge is 0.433 e. The predicted molar refractivity (Wildman–Crippen MR) is 140 cm³/mol. The Labute approximate surface area is 246 Å². The molecule has 238 valence electrons. The fourth-order valence-electron chi connectivity index (χ4n) is 4.49. The summed E-state index contributed by atoms with van der Waals surface area (Å²) in [6.45, 7) is 0.803. The highest BCUT2D eigenvalue weighted by atomic mass is 19.4. The van der Waals surface area contributed by atoms with Crippen LogP contribution in [0.3, 0.4) is 0 Å². The number of nitrogens with zero attached hydrogens (tertiary/aromatic N) is 5. The standard InChI is InChI=1S/C20H20F3N5O3.C6H8O7/c1-30-15-4-3-13(9-16(15)31-2)18(29)27-7-5-12(6-8-27)14-10-17(20(21,22)23)28-19(26-14)24-11-25-28;7-3(8)1-6(13,5(11)12)2-4(9)10/h3-4,9-12H,5-8H2,1-2H3;13H,1-2H2,(H,7,8)(H,9,10)(H,11,12). The molecule has 0 unspecified atom stereocenters. The van der Waals surface area contributed by atoms with Gasteiger partial charge in [0.15, 0.2) is 22.8 Å². The number of benzene rings is 1. The molecule has 3 heterocycles. The molecular formula is C26H28F3N5O10. The minimum Gasteiger partial charge on any atom is -0.493 e. The molecule has 0 saturated carbocycles. The molecule has 1 aliphatic rings. The van der Waals surface area contributed by atoms with Gasteiger partial charge < -0.3 is 34.8 Å². The van der Waals surface area contributed by atoms with Crippen LogP contribution in [0.15, 0.2) is 30.6 Å². The Bertz CT molecular complexity index is 1520. The third kappa shape index (κ3) is 7.88. The molecule has 1 aliphatic heterocycles. The van der Waals surface area contributed by atoms with Gasteiger partial charge in [-0.05, 0) is 37.1 Å². The molecule has 1 fully saturated rings. The second-order valence-electron chi connectivity index (χ2n) is 9.65. The van der Waals surface area contributed by atoms with E-state index >= 15 is 0 Å². The summed E-state index contributed by atoms with van der Waals surface area (Å²) in [6.07, 6.45) is -4.83. The van der Waals surface area contributed by atoms with Crippen LogP contribution in [0, 0.1) is 0 Å². The number of aliphatic hydroxyl groups is 1. The number of likely N-dealkylation sites (tertiary alicyclic amines) is 1. The fraction of sp³-hybridized carbons (Fsp3) is 0.423. The molecule has 44 heavy (non-hydrogen) atoms. The van der Waals surface area contributed by atoms with Crippen LogP contribution >= 0.6 is 0 Å². The van der Waals surface area contributed by atoms with Crippen molar-refractivity contribution in [2.75, 3.05) is 27.3 Å². The molecule has 0 bridgehead atoms. The van der Waals surface area contributed by atoms with Crippen molar-refractivity contribution in [1.29, 1.82) is 0 Å². The zero-order valence-electron chi connectivity index (χ0n) is 23.3. The largest absolute Gasteiger partial charge is 0.493 e. The van der Waals surface area contributed by atoms with Crippen molar-refractivity contribution in [1.82, 2.24) is 24.5 Å². The average molecular weight is 628 g/mol. The molecular weight excluding hydrogens is 599 g/mol. The summed E-state index contributed by atoms with van der Waals surface area (Å²) in [5, 5.41) is 37.4. The van der Waals surface area contributed by atoms with Crippen LogP contribution in [0.2, 0.25) is 0 Å². The molecule has 15 nitrogen and oxygen atoms in total. The average Bonchev–Trinajstić information content (AvgIpc) is 3.43. The van der Waals surface area contributed by atoms with Crippen LogP contribution in [0.4, 0.5) is 13.2 Å². The zero-order chi connectivity index (χ0) is 32.8. The van der Waals surface area contributed by atoms with E-state index in [4.69, 9.17) is 29.9 Å². The molecule has 1 saturated heterocycles. The second-order valence-corrected chi connectivity index (χ2v) is 9.65. The molecule has 0 spiro atoms. The molecule has 0 aliphatic carbocycles. The van der Waals surface area contributed by atoms with Gasteiger partial charge in [-0.2, -0.15) is 27.8 Å². The van der Waals surface area contributed by atoms with Gasteiger partial charge in [0.25, 0.3) is 11.7 Å². The van der Waals surface area contributed by atoms with Crippen molar-refractivity contribution in [3.63, 3.8) is 0 Å². The third-order valence-electron chi connectivity index (χ3n) is 6.68. The number of carboxylic acid groups (broad SMARTS) is 3. The number of hydrogen-bond donors (Lipinski definition) is 4. The van der Waals surface area contributed by atoms with Gasteiger partial charge in [0.1, 0.15) is 6.33 Å². The number of carbonyl (C=O) groups excluding carboxylic acids is 1. The van der Waals surface area contributed by atoms with Crippen molar-refractivity contribution >= 4 is 29.6 Å². The number of hydrogen-bond acceptors (Lipinski definition) is 10. The first-order valence-electron chi connectivity index (χ1n) is 12.8. The molecule has 18 heteroatoms. The Morgan fingerprint density at radius 3 is 2.05 bits per heavy atom. The quantitative estimate of drug-likeness (QED) is 0.267. The number of carbonyl (C=O) groups is 4. The Balaban J connectivity index is 0.000000345. The number of aliphatic carboxylic acids is 3. The van der Waals surface area contributed by atoms with Gasteiger partial charge in [0, 0.05) is 30.3 Å². The maximum atomic E-state index is 13.4. The summed E-state index contributed by atoms with van der Waals surface area (Å²) in [5.74, 6) is -4.52. The SMILES string of the molecule is COc1ccc(C(=O)N2CCC(c3cc(C(F)(F)F)n4ncnc4n3)CC2)cc1OC.O=C(O)CC(O)(CC(=O)O)C(=O)O. The zero-order valence-corrected chi connectivity index (χ0v) is 23.3. The van der Waals surface area contributed by atoms with E-state index in [0.717, 1.165) is 12.4 Å². The van der Waals surface area contributed by atoms with Crippen LogP contribution < -0.4 is 9.47 Å². The molecule has 0 atom stereocenters. The van der Waals surface area contributed by atoms with Crippen LogP contribution in [-0.4, -0.2) is 102 Å². The Kier molecular flexibility index (Phi) is 10.3. The summed E-state index contributed by atoms with van der Waals surface area (Å²) in [4.78, 5) is 53.1. The number of halogens is 3. The van der Waals surface area contributed by atoms with Crippen molar-refractivity contribution in [2.45, 2.75) is 43.4 Å². The number of aromatic nitrogens is 4. The fourth-order valence-corrected chi connectivity index (χ4v) is 4.49. The van der Waals surface area contributed by atoms with E-state index in [2.05, 4.69) is 15.1 Å². The first kappa shape index (κ1) is 33.5. The van der Waals surface area contributed by atoms with E-state index in [-0.39, 0.29) is 17.6 Å². The van der Waals surface area contributed by atoms with Gasteiger partial charge in [-0.25, -0.2) is 9.78 Å². The van der Waals surface area contributed by atoms with E-state index in [0.29, 0.717) is 53.2 Å². The first-order valence-corrected chi connectivity index (χ1v) is 12.8. The lowest BCUT2D eigenvalue weighted by molar-refractivity contribution is -0.170. The molecule has 1 aromatic carbocycles. The number of piperidine rings is 1. The van der Waals surface area contributed by atoms with Crippen LogP contribution in [0.5, 0.6) is 11.5 Å². The second kappa shape index (κ2) is 13.5. The van der Waals surface area contributed by atoms with Crippen molar-refractivity contribution in [3.05, 3.63) is 47.5 Å². The van der Waals surface area contributed by atoms with Crippen LogP contribution in [-0.2, 0) is 20.6 Å². The minimum absolute atomic E-state index is 0.0892. The summed E-state index contributed by atoms with van der Waals surface area (Å²) in [6, 6.07) is 5.96. The lowest BCUT2D eigenvalue weighted by Gasteiger charge is -2.32. The summed E-state index contributed by atoms with van der Waals surface area (Å²) in [5.41, 5.74) is -2.88. The lowest BCUT2D eigenvalue weighted by atomic mass is 9.92. The third-order valence-corrected chi connectivity index (χ3v) is 6.68. The predicted octanol–water partition coefficient (Wildman–Crippen LogP) is 1.93. The monoisotopic (exact) mass is 627 g/mol. The number of carboxylic acids is 3. The normalized spacial score (nSPS) is 14.0. The van der Waals surface area contributed by atoms with Crippen molar-refractivity contribution in [3.8, 4) is 11.5 Å². The molecule has 2 aromatic heterocycles. The Hall–Kier alpha value is -5.00. The summed E-state index contributed by atoms with van der Waals surface area (Å²) < 4.78 is 51.4. The number of amides is 1. The molecule has 3 aromatic rings. The highest BCUT2D eigenvalue weighted by molar-refractivity contribution is 5.95. The van der Waals surface area contributed by atoms with Crippen molar-refractivity contribution < 1.29 is 62.2 Å². The highest BCUT2D eigenvalue weighted by Gasteiger charge is 2.41. The van der Waals surface area contributed by atoms with Gasteiger partial charge in [0.05, 0.1) is 27.1 Å². The maximum absolute atomic E-state index is 13.4. The molecule has 1 amide bonds. The van der Waals surface area contributed by atoms with Gasteiger partial charge >= 0.3 is 24.1 Å². The number of rotatable bonds is 9. The van der Waals surface area contributed by atoms with E-state index in [9.17, 15) is 32.3 Å². The molecule has 4 N–H and O–H groups in total. The van der Waals surface area contributed by atoms with E-state index in [1.54, 1.807) is 23.1 Å². The van der Waals surface area contributed by atoms with Gasteiger partial charge in [-0.3, -0.25) is 14.4 Å². The lowest BCUT2D eigenvalue weighted by Crippen LogP contribution is -2.42. The maximum Gasteiger partial charge on any atom is 0.433 e. The number of methoxy groups -OCH3 is 2. The van der Waals surface area contributed by atoms with Gasteiger partial charge in [-0.1, -0.05) is 0 Å². The van der Waals surface area contributed by atoms with Gasteiger partial charge in [-0.15, -0.1) is 0 Å². The highest BCUT2D eigenvalue weighted by Crippen LogP contribution is 2.34. The van der Waals surface area contributed by atoms with E-state index < -0.39 is 48.2 Å². The first-order chi connectivity index (χ1) is 20.6. The number of fused-ring (bicyclic) bond motifs is 1. The topological polar surface area (TPSA) is 214 Å². The summed E-state index contributed by atoms with van der Waals surface area (Å²) >= 11 is 0. The molecule has 4 rings (SSSR count). The van der Waals surface area contributed by atoms with Crippen LogP contribution in [0.1, 0.15) is 53.3 Å². The number of ether oxygens (including phenoxy) is 2.